The first-order valence-electron chi connectivity index (χ1n) is 9.44. The molecule has 4 rings (SSSR count). The Kier molecular flexibility index (Phi) is 5.53. The normalized spacial score (nSPS) is 20.8. The first-order valence-corrected chi connectivity index (χ1v) is 10.9. The van der Waals surface area contributed by atoms with Gasteiger partial charge in [-0.15, -0.1) is 0 Å². The van der Waals surface area contributed by atoms with Crippen LogP contribution in [0.4, 0.5) is 9.18 Å². The molecule has 0 saturated carbocycles. The van der Waals surface area contributed by atoms with E-state index in [2.05, 4.69) is 0 Å². The molecular formula is C20H22FN3O4S. The van der Waals surface area contributed by atoms with Gasteiger partial charge in [0.2, 0.25) is 10.0 Å². The number of benzene rings is 2. The molecule has 29 heavy (non-hydrogen) atoms. The summed E-state index contributed by atoms with van der Waals surface area (Å²) in [5.41, 5.74) is 0.706. The number of ether oxygens (including phenoxy) is 1. The van der Waals surface area contributed by atoms with Gasteiger partial charge in [0, 0.05) is 26.2 Å². The summed E-state index contributed by atoms with van der Waals surface area (Å²) in [5, 5.41) is 0. The summed E-state index contributed by atoms with van der Waals surface area (Å²) < 4.78 is 46.5. The quantitative estimate of drug-likeness (QED) is 0.766. The lowest BCUT2D eigenvalue weighted by Gasteiger charge is -2.35. The molecule has 0 aliphatic carbocycles. The first kappa shape index (κ1) is 19.8. The van der Waals surface area contributed by atoms with Crippen molar-refractivity contribution in [1.29, 1.82) is 0 Å². The Labute approximate surface area is 169 Å². The number of amides is 2. The summed E-state index contributed by atoms with van der Waals surface area (Å²) in [6.07, 6.45) is -0.762. The SMILES string of the molecule is O=C(N1CCOCC1)N1CCN(S(=O)(=O)c2ccc(F)cc2)[C@@H]1c1ccccc1. The molecule has 2 fully saturated rings. The van der Waals surface area contributed by atoms with Gasteiger partial charge in [0.1, 0.15) is 12.0 Å². The molecule has 0 aromatic heterocycles. The number of sulfonamides is 1. The number of hydrogen-bond acceptors (Lipinski definition) is 4. The third-order valence-corrected chi connectivity index (χ3v) is 7.04. The summed E-state index contributed by atoms with van der Waals surface area (Å²) in [6.45, 7) is 2.31. The van der Waals surface area contributed by atoms with Crippen molar-refractivity contribution >= 4 is 16.1 Å². The maximum Gasteiger partial charge on any atom is 0.321 e. The van der Waals surface area contributed by atoms with Crippen LogP contribution in [-0.4, -0.2) is 67.9 Å². The van der Waals surface area contributed by atoms with Gasteiger partial charge in [0.15, 0.2) is 0 Å². The minimum absolute atomic E-state index is 0.000465. The standard InChI is InChI=1S/C20H22FN3O4S/c21-17-6-8-18(9-7-17)29(26,27)24-11-10-23(19(24)16-4-2-1-3-5-16)20(25)22-12-14-28-15-13-22/h1-9,19H,10-15H2/t19-/m1/s1. The van der Waals surface area contributed by atoms with Crippen LogP contribution in [0, 0.1) is 5.82 Å². The molecule has 2 aliphatic rings. The van der Waals surface area contributed by atoms with Gasteiger partial charge in [0.05, 0.1) is 18.1 Å². The van der Waals surface area contributed by atoms with Crippen molar-refractivity contribution < 1.29 is 22.3 Å². The second-order valence-electron chi connectivity index (χ2n) is 6.93. The minimum Gasteiger partial charge on any atom is -0.378 e. The van der Waals surface area contributed by atoms with Crippen LogP contribution in [0.15, 0.2) is 59.5 Å². The fraction of sp³-hybridized carbons (Fsp3) is 0.350. The lowest BCUT2D eigenvalue weighted by Crippen LogP contribution is -2.49. The van der Waals surface area contributed by atoms with Crippen molar-refractivity contribution in [2.75, 3.05) is 39.4 Å². The van der Waals surface area contributed by atoms with Gasteiger partial charge in [-0.05, 0) is 29.8 Å². The molecule has 2 aromatic rings. The average molecular weight is 419 g/mol. The van der Waals surface area contributed by atoms with Gasteiger partial charge in [-0.25, -0.2) is 17.6 Å². The molecule has 7 nitrogen and oxygen atoms in total. The number of nitrogens with zero attached hydrogens (tertiary/aromatic N) is 3. The number of carbonyl (C=O) groups is 1. The summed E-state index contributed by atoms with van der Waals surface area (Å²) in [6, 6.07) is 13.6. The Morgan fingerprint density at radius 3 is 2.24 bits per heavy atom. The highest BCUT2D eigenvalue weighted by atomic mass is 32.2. The van der Waals surface area contributed by atoms with Crippen LogP contribution in [0.25, 0.3) is 0 Å². The van der Waals surface area contributed by atoms with Crippen molar-refractivity contribution in [3.05, 3.63) is 66.0 Å². The summed E-state index contributed by atoms with van der Waals surface area (Å²) in [7, 11) is -3.92. The van der Waals surface area contributed by atoms with E-state index in [4.69, 9.17) is 4.74 Å². The molecule has 2 heterocycles. The van der Waals surface area contributed by atoms with Crippen LogP contribution in [0.3, 0.4) is 0 Å². The topological polar surface area (TPSA) is 70.2 Å². The fourth-order valence-corrected chi connectivity index (χ4v) is 5.28. The number of urea groups is 1. The van der Waals surface area contributed by atoms with Gasteiger partial charge in [0.25, 0.3) is 0 Å². The molecule has 0 bridgehead atoms. The summed E-state index contributed by atoms with van der Waals surface area (Å²) >= 11 is 0. The molecule has 9 heteroatoms. The molecule has 2 aromatic carbocycles. The number of carbonyl (C=O) groups excluding carboxylic acids is 1. The van der Waals surface area contributed by atoms with E-state index in [0.717, 1.165) is 12.1 Å². The van der Waals surface area contributed by atoms with Crippen molar-refractivity contribution in [2.45, 2.75) is 11.1 Å². The maximum absolute atomic E-state index is 13.3. The van der Waals surface area contributed by atoms with Gasteiger partial charge in [-0.2, -0.15) is 4.31 Å². The predicted octanol–water partition coefficient (Wildman–Crippen LogP) is 2.28. The van der Waals surface area contributed by atoms with Gasteiger partial charge in [-0.1, -0.05) is 30.3 Å². The van der Waals surface area contributed by atoms with Gasteiger partial charge in [-0.3, -0.25) is 0 Å². The van der Waals surface area contributed by atoms with E-state index in [1.807, 2.05) is 30.3 Å². The first-order chi connectivity index (χ1) is 14.0. The molecule has 2 aliphatic heterocycles. The van der Waals surface area contributed by atoms with Crippen molar-refractivity contribution in [2.24, 2.45) is 0 Å². The summed E-state index contributed by atoms with van der Waals surface area (Å²) in [5.74, 6) is -0.505. The number of halogens is 1. The third kappa shape index (κ3) is 3.85. The fourth-order valence-electron chi connectivity index (χ4n) is 3.71. The zero-order chi connectivity index (χ0) is 20.4. The van der Waals surface area contributed by atoms with Crippen LogP contribution in [0.2, 0.25) is 0 Å². The Bertz CT molecular complexity index is 963. The van der Waals surface area contributed by atoms with Crippen LogP contribution >= 0.6 is 0 Å². The molecule has 0 N–H and O–H groups in total. The maximum atomic E-state index is 13.3. The highest BCUT2D eigenvalue weighted by Crippen LogP contribution is 2.35. The van der Waals surface area contributed by atoms with Gasteiger partial charge >= 0.3 is 6.03 Å². The van der Waals surface area contributed by atoms with E-state index in [9.17, 15) is 17.6 Å². The molecule has 2 amide bonds. The Balaban J connectivity index is 1.70. The predicted molar refractivity (Wildman–Crippen MR) is 104 cm³/mol. The monoisotopic (exact) mass is 419 g/mol. The Hall–Kier alpha value is -2.49. The van der Waals surface area contributed by atoms with Crippen LogP contribution in [0.5, 0.6) is 0 Å². The van der Waals surface area contributed by atoms with E-state index < -0.39 is 22.0 Å². The number of rotatable bonds is 3. The third-order valence-electron chi connectivity index (χ3n) is 5.17. The van der Waals surface area contributed by atoms with Crippen LogP contribution < -0.4 is 0 Å². The zero-order valence-electron chi connectivity index (χ0n) is 15.8. The lowest BCUT2D eigenvalue weighted by atomic mass is 10.1. The molecule has 0 unspecified atom stereocenters. The second-order valence-corrected chi connectivity index (χ2v) is 8.82. The molecule has 154 valence electrons. The second kappa shape index (κ2) is 8.10. The van der Waals surface area contributed by atoms with E-state index in [1.165, 1.54) is 16.4 Å². The van der Waals surface area contributed by atoms with Crippen LogP contribution in [-0.2, 0) is 14.8 Å². The van der Waals surface area contributed by atoms with Crippen molar-refractivity contribution in [3.8, 4) is 0 Å². The highest BCUT2D eigenvalue weighted by molar-refractivity contribution is 7.89. The van der Waals surface area contributed by atoms with E-state index in [-0.39, 0.29) is 24.0 Å². The highest BCUT2D eigenvalue weighted by Gasteiger charge is 2.44. The molecule has 0 spiro atoms. The largest absolute Gasteiger partial charge is 0.378 e. The molecule has 0 radical (unpaired) electrons. The minimum atomic E-state index is -3.92. The Morgan fingerprint density at radius 1 is 0.931 bits per heavy atom. The summed E-state index contributed by atoms with van der Waals surface area (Å²) in [4.78, 5) is 16.4. The van der Waals surface area contributed by atoms with Crippen molar-refractivity contribution in [1.82, 2.24) is 14.1 Å². The Morgan fingerprint density at radius 2 is 1.59 bits per heavy atom. The number of morpholine rings is 1. The van der Waals surface area contributed by atoms with E-state index in [1.54, 1.807) is 9.80 Å². The average Bonchev–Trinajstić information content (AvgIpc) is 3.21. The van der Waals surface area contributed by atoms with Crippen molar-refractivity contribution in [3.63, 3.8) is 0 Å². The van der Waals surface area contributed by atoms with Crippen LogP contribution in [0.1, 0.15) is 11.7 Å². The van der Waals surface area contributed by atoms with E-state index >= 15 is 0 Å². The molecule has 1 atom stereocenters. The van der Waals surface area contributed by atoms with E-state index in [0.29, 0.717) is 31.9 Å². The zero-order valence-corrected chi connectivity index (χ0v) is 16.6. The molecule has 2 saturated heterocycles. The molecular weight excluding hydrogens is 397 g/mol. The lowest BCUT2D eigenvalue weighted by molar-refractivity contribution is 0.0400. The smallest absolute Gasteiger partial charge is 0.321 e. The number of hydrogen-bond donors (Lipinski definition) is 0. The van der Waals surface area contributed by atoms with Gasteiger partial charge < -0.3 is 14.5 Å².